The van der Waals surface area contributed by atoms with Crippen LogP contribution in [0.2, 0.25) is 5.02 Å². The number of sulfonamides is 1. The molecule has 0 saturated heterocycles. The second-order valence-electron chi connectivity index (χ2n) is 10.6. The number of hydrogen-bond donors (Lipinski definition) is 1. The third-order valence-corrected chi connectivity index (χ3v) is 9.66. The molecule has 44 heavy (non-hydrogen) atoms. The van der Waals surface area contributed by atoms with Crippen LogP contribution in [0, 0.1) is 5.82 Å². The van der Waals surface area contributed by atoms with E-state index in [9.17, 15) is 35.6 Å². The summed E-state index contributed by atoms with van der Waals surface area (Å²) >= 11 is 6.26. The molecule has 236 valence electrons. The van der Waals surface area contributed by atoms with Gasteiger partial charge in [0, 0.05) is 18.2 Å². The molecule has 2 amide bonds. The molecule has 1 aliphatic rings. The van der Waals surface area contributed by atoms with Crippen LogP contribution in [0.4, 0.5) is 23.2 Å². The molecule has 0 aliphatic heterocycles. The molecule has 1 unspecified atom stereocenters. The summed E-state index contributed by atoms with van der Waals surface area (Å²) in [5, 5.41) is 2.57. The summed E-state index contributed by atoms with van der Waals surface area (Å²) in [6.07, 6.45) is -0.409. The number of carbonyl (C=O) groups excluding carboxylic acids is 2. The van der Waals surface area contributed by atoms with Crippen LogP contribution in [0.3, 0.4) is 0 Å². The minimum atomic E-state index is -4.84. The molecule has 3 aromatic carbocycles. The van der Waals surface area contributed by atoms with Crippen LogP contribution in [0.15, 0.2) is 77.7 Å². The lowest BCUT2D eigenvalue weighted by atomic mass is 9.95. The van der Waals surface area contributed by atoms with E-state index < -0.39 is 64.2 Å². The van der Waals surface area contributed by atoms with Crippen molar-refractivity contribution in [1.29, 1.82) is 0 Å². The van der Waals surface area contributed by atoms with Gasteiger partial charge in [-0.15, -0.1) is 0 Å². The Labute approximate surface area is 258 Å². The Hall–Kier alpha value is -3.64. The lowest BCUT2D eigenvalue weighted by Crippen LogP contribution is -2.53. The Morgan fingerprint density at radius 1 is 0.977 bits per heavy atom. The number of rotatable bonds is 10. The SMILES string of the molecule is CC(C(=O)NC1CCCCC1)N(Cc1ccccc1F)C(=O)CN(c1cc(C(F)(F)F)ccc1Cl)S(=O)(=O)c1ccccc1. The minimum Gasteiger partial charge on any atom is -0.352 e. The summed E-state index contributed by atoms with van der Waals surface area (Å²) in [6, 6.07) is 13.3. The van der Waals surface area contributed by atoms with Gasteiger partial charge in [0.2, 0.25) is 11.8 Å². The molecule has 0 aromatic heterocycles. The zero-order valence-electron chi connectivity index (χ0n) is 23.9. The van der Waals surface area contributed by atoms with E-state index in [1.807, 2.05) is 0 Å². The fraction of sp³-hybridized carbons (Fsp3) is 0.355. The molecular weight excluding hydrogens is 622 g/mol. The first-order valence-corrected chi connectivity index (χ1v) is 15.9. The lowest BCUT2D eigenvalue weighted by molar-refractivity contribution is -0.139. The predicted octanol–water partition coefficient (Wildman–Crippen LogP) is 6.56. The van der Waals surface area contributed by atoms with Crippen LogP contribution >= 0.6 is 11.6 Å². The van der Waals surface area contributed by atoms with E-state index in [0.29, 0.717) is 16.4 Å². The predicted molar refractivity (Wildman–Crippen MR) is 159 cm³/mol. The monoisotopic (exact) mass is 653 g/mol. The molecule has 0 radical (unpaired) electrons. The average molecular weight is 654 g/mol. The van der Waals surface area contributed by atoms with E-state index in [2.05, 4.69) is 5.32 Å². The maximum atomic E-state index is 14.7. The van der Waals surface area contributed by atoms with Crippen molar-refractivity contribution in [3.05, 3.63) is 94.8 Å². The molecule has 7 nitrogen and oxygen atoms in total. The molecule has 1 saturated carbocycles. The molecule has 1 fully saturated rings. The third-order valence-electron chi connectivity index (χ3n) is 7.57. The van der Waals surface area contributed by atoms with Gasteiger partial charge in [-0.1, -0.05) is 67.3 Å². The van der Waals surface area contributed by atoms with Gasteiger partial charge >= 0.3 is 6.18 Å². The zero-order valence-corrected chi connectivity index (χ0v) is 25.4. The first-order chi connectivity index (χ1) is 20.8. The highest BCUT2D eigenvalue weighted by Gasteiger charge is 2.37. The molecule has 3 aromatic rings. The van der Waals surface area contributed by atoms with Gasteiger partial charge in [0.25, 0.3) is 10.0 Å². The van der Waals surface area contributed by atoms with Crippen molar-refractivity contribution < 1.29 is 35.6 Å². The molecule has 0 heterocycles. The first kappa shape index (κ1) is 33.3. The number of nitrogens with one attached hydrogen (secondary N) is 1. The van der Waals surface area contributed by atoms with Crippen LogP contribution in [-0.2, 0) is 32.3 Å². The van der Waals surface area contributed by atoms with Gasteiger partial charge in [0.15, 0.2) is 0 Å². The Morgan fingerprint density at radius 2 is 1.61 bits per heavy atom. The molecule has 1 N–H and O–H groups in total. The second-order valence-corrected chi connectivity index (χ2v) is 12.9. The van der Waals surface area contributed by atoms with Gasteiger partial charge in [0.05, 0.1) is 21.2 Å². The Bertz CT molecular complexity index is 1580. The quantitative estimate of drug-likeness (QED) is 0.251. The molecule has 4 rings (SSSR count). The molecular formula is C31H32ClF4N3O4S. The van der Waals surface area contributed by atoms with Crippen molar-refractivity contribution in [3.63, 3.8) is 0 Å². The number of alkyl halides is 3. The molecule has 0 spiro atoms. The number of carbonyl (C=O) groups is 2. The van der Waals surface area contributed by atoms with Crippen molar-refractivity contribution in [2.75, 3.05) is 10.8 Å². The van der Waals surface area contributed by atoms with E-state index in [0.717, 1.165) is 43.1 Å². The van der Waals surface area contributed by atoms with Crippen LogP contribution in [-0.4, -0.2) is 43.8 Å². The highest BCUT2D eigenvalue weighted by molar-refractivity contribution is 7.92. The van der Waals surface area contributed by atoms with Crippen LogP contribution in [0.25, 0.3) is 0 Å². The summed E-state index contributed by atoms with van der Waals surface area (Å²) < 4.78 is 84.0. The normalized spacial score (nSPS) is 15.0. The largest absolute Gasteiger partial charge is 0.416 e. The van der Waals surface area contributed by atoms with Crippen molar-refractivity contribution in [2.24, 2.45) is 0 Å². The Balaban J connectivity index is 1.75. The summed E-state index contributed by atoms with van der Waals surface area (Å²) in [6.45, 7) is 0.0122. The number of hydrogen-bond acceptors (Lipinski definition) is 4. The molecule has 1 aliphatic carbocycles. The van der Waals surface area contributed by atoms with Crippen molar-refractivity contribution >= 4 is 39.1 Å². The van der Waals surface area contributed by atoms with Crippen LogP contribution < -0.4 is 9.62 Å². The van der Waals surface area contributed by atoms with E-state index in [1.54, 1.807) is 12.1 Å². The van der Waals surface area contributed by atoms with Gasteiger partial charge in [-0.25, -0.2) is 12.8 Å². The maximum absolute atomic E-state index is 14.7. The van der Waals surface area contributed by atoms with Crippen molar-refractivity contribution in [2.45, 2.75) is 68.7 Å². The standard InChI is InChI=1S/C31H32ClF4N3O4S/c1-21(30(41)37-24-11-4-2-5-12-24)38(19-22-10-8-9-15-27(22)33)29(40)20-39(44(42,43)25-13-6-3-7-14-25)28-18-23(31(34,35)36)16-17-26(28)32/h3,6-10,13-18,21,24H,2,4-5,11-12,19-20H2,1H3,(H,37,41). The fourth-order valence-corrected chi connectivity index (χ4v) is 6.79. The smallest absolute Gasteiger partial charge is 0.352 e. The highest BCUT2D eigenvalue weighted by Crippen LogP contribution is 2.37. The first-order valence-electron chi connectivity index (χ1n) is 14.1. The Kier molecular flexibility index (Phi) is 10.6. The lowest BCUT2D eigenvalue weighted by Gasteiger charge is -2.33. The van der Waals surface area contributed by atoms with Crippen LogP contribution in [0.5, 0.6) is 0 Å². The van der Waals surface area contributed by atoms with Gasteiger partial charge < -0.3 is 10.2 Å². The van der Waals surface area contributed by atoms with E-state index in [4.69, 9.17) is 11.6 Å². The van der Waals surface area contributed by atoms with Gasteiger partial charge in [0.1, 0.15) is 18.4 Å². The Morgan fingerprint density at radius 3 is 2.25 bits per heavy atom. The number of benzene rings is 3. The van der Waals surface area contributed by atoms with Crippen molar-refractivity contribution in [3.8, 4) is 0 Å². The number of anilines is 1. The highest BCUT2D eigenvalue weighted by atomic mass is 35.5. The summed E-state index contributed by atoms with van der Waals surface area (Å²) in [7, 11) is -4.66. The van der Waals surface area contributed by atoms with Crippen LogP contribution in [0.1, 0.15) is 50.2 Å². The fourth-order valence-electron chi connectivity index (χ4n) is 5.07. The minimum absolute atomic E-state index is 0.0627. The molecule has 13 heteroatoms. The second kappa shape index (κ2) is 14.0. The van der Waals surface area contributed by atoms with E-state index in [1.165, 1.54) is 49.4 Å². The third kappa shape index (κ3) is 7.89. The van der Waals surface area contributed by atoms with Gasteiger partial charge in [-0.2, -0.15) is 13.2 Å². The number of amides is 2. The summed E-state index contributed by atoms with van der Waals surface area (Å²) in [4.78, 5) is 28.1. The maximum Gasteiger partial charge on any atom is 0.416 e. The van der Waals surface area contributed by atoms with E-state index >= 15 is 0 Å². The zero-order chi connectivity index (χ0) is 32.1. The summed E-state index contributed by atoms with van der Waals surface area (Å²) in [5.74, 6) is -2.12. The summed E-state index contributed by atoms with van der Waals surface area (Å²) in [5.41, 5.74) is -1.70. The van der Waals surface area contributed by atoms with Gasteiger partial charge in [-0.3, -0.25) is 13.9 Å². The number of halogens is 5. The molecule has 1 atom stereocenters. The molecule has 0 bridgehead atoms. The van der Waals surface area contributed by atoms with Crippen molar-refractivity contribution in [1.82, 2.24) is 10.2 Å². The number of nitrogens with zero attached hydrogens (tertiary/aromatic N) is 2. The van der Waals surface area contributed by atoms with E-state index in [-0.39, 0.29) is 21.5 Å². The topological polar surface area (TPSA) is 86.8 Å². The average Bonchev–Trinajstić information content (AvgIpc) is 2.99. The van der Waals surface area contributed by atoms with Gasteiger partial charge in [-0.05, 0) is 56.2 Å².